The molecule has 3 aromatic rings. The lowest BCUT2D eigenvalue weighted by Crippen LogP contribution is -2.30. The average molecular weight is 438 g/mol. The van der Waals surface area contributed by atoms with Gasteiger partial charge in [-0.25, -0.2) is 18.1 Å². The van der Waals surface area contributed by atoms with Crippen molar-refractivity contribution in [1.82, 2.24) is 24.1 Å². The van der Waals surface area contributed by atoms with Gasteiger partial charge in [0.2, 0.25) is 10.0 Å². The Bertz CT molecular complexity index is 1100. The van der Waals surface area contributed by atoms with E-state index in [1.165, 1.54) is 27.3 Å². The van der Waals surface area contributed by atoms with Crippen LogP contribution in [0.2, 0.25) is 0 Å². The van der Waals surface area contributed by atoms with Gasteiger partial charge < -0.3 is 0 Å². The number of nitrogens with one attached hydrogen (secondary N) is 1. The third-order valence-electron chi connectivity index (χ3n) is 4.59. The summed E-state index contributed by atoms with van der Waals surface area (Å²) in [6.07, 6.45) is 5.15. The third-order valence-corrected chi connectivity index (χ3v) is 6.62. The number of aromatic amines is 1. The molecule has 29 heavy (non-hydrogen) atoms. The molecule has 0 aliphatic heterocycles. The van der Waals surface area contributed by atoms with Crippen molar-refractivity contribution in [2.75, 3.05) is 13.1 Å². The van der Waals surface area contributed by atoms with Crippen molar-refractivity contribution in [3.63, 3.8) is 0 Å². The number of hydrogen-bond donors (Lipinski definition) is 1. The SMILES string of the molecule is CCN(CC)S(=O)(=O)c1ccc(-n2[nH]c(C)c(Cc3cccnc3)c2=O)nc1.Cl. The molecule has 10 heteroatoms. The fourth-order valence-electron chi connectivity index (χ4n) is 3.03. The number of hydrogen-bond acceptors (Lipinski definition) is 5. The topological polar surface area (TPSA) is 101 Å². The molecule has 3 rings (SSSR count). The Hall–Kier alpha value is -2.49. The highest BCUT2D eigenvalue weighted by atomic mass is 35.5. The summed E-state index contributed by atoms with van der Waals surface area (Å²) < 4.78 is 27.8. The zero-order valence-electron chi connectivity index (χ0n) is 16.5. The molecule has 0 aromatic carbocycles. The number of sulfonamides is 1. The standard InChI is InChI=1S/C19H23N5O3S.ClH/c1-4-23(5-2)28(26,27)16-8-9-18(21-13-16)24-19(25)17(14(3)22-24)11-15-7-6-10-20-12-15;/h6-10,12-13,22H,4-5,11H2,1-3H3;1H. The smallest absolute Gasteiger partial charge is 0.276 e. The van der Waals surface area contributed by atoms with E-state index in [9.17, 15) is 13.2 Å². The molecule has 0 unspecified atom stereocenters. The number of aryl methyl sites for hydroxylation is 1. The monoisotopic (exact) mass is 437 g/mol. The van der Waals surface area contributed by atoms with E-state index in [1.807, 2.05) is 19.1 Å². The van der Waals surface area contributed by atoms with Gasteiger partial charge in [0, 0.05) is 49.4 Å². The summed E-state index contributed by atoms with van der Waals surface area (Å²) in [6.45, 7) is 6.16. The summed E-state index contributed by atoms with van der Waals surface area (Å²) >= 11 is 0. The Morgan fingerprint density at radius 3 is 2.41 bits per heavy atom. The Morgan fingerprint density at radius 1 is 1.14 bits per heavy atom. The second kappa shape index (κ2) is 9.34. The van der Waals surface area contributed by atoms with E-state index in [0.717, 1.165) is 11.3 Å². The van der Waals surface area contributed by atoms with Gasteiger partial charge in [-0.05, 0) is 30.7 Å². The highest BCUT2D eigenvalue weighted by Gasteiger charge is 2.22. The van der Waals surface area contributed by atoms with Gasteiger partial charge in [0.1, 0.15) is 4.90 Å². The molecular formula is C19H24ClN5O3S. The summed E-state index contributed by atoms with van der Waals surface area (Å²) in [7, 11) is -3.59. The van der Waals surface area contributed by atoms with E-state index in [-0.39, 0.29) is 22.9 Å². The second-order valence-corrected chi connectivity index (χ2v) is 8.27. The Morgan fingerprint density at radius 2 is 1.86 bits per heavy atom. The Labute approximate surface area is 176 Å². The van der Waals surface area contributed by atoms with Crippen molar-refractivity contribution < 1.29 is 8.42 Å². The highest BCUT2D eigenvalue weighted by Crippen LogP contribution is 2.16. The van der Waals surface area contributed by atoms with Gasteiger partial charge in [0.05, 0.1) is 0 Å². The molecule has 1 N–H and O–H groups in total. The lowest BCUT2D eigenvalue weighted by Gasteiger charge is -2.18. The van der Waals surface area contributed by atoms with Crippen LogP contribution < -0.4 is 5.56 Å². The normalized spacial score (nSPS) is 11.4. The zero-order valence-corrected chi connectivity index (χ0v) is 18.1. The van der Waals surface area contributed by atoms with E-state index >= 15 is 0 Å². The first-order valence-corrected chi connectivity index (χ1v) is 10.5. The summed E-state index contributed by atoms with van der Waals surface area (Å²) in [5, 5.41) is 3.01. The van der Waals surface area contributed by atoms with Crippen LogP contribution in [-0.2, 0) is 16.4 Å². The average Bonchev–Trinajstić information content (AvgIpc) is 2.98. The molecule has 0 fully saturated rings. The fraction of sp³-hybridized carbons (Fsp3) is 0.316. The molecule has 0 spiro atoms. The number of pyridine rings is 2. The van der Waals surface area contributed by atoms with Gasteiger partial charge in [-0.15, -0.1) is 12.4 Å². The zero-order chi connectivity index (χ0) is 20.3. The molecule has 0 aliphatic carbocycles. The van der Waals surface area contributed by atoms with Crippen molar-refractivity contribution in [2.24, 2.45) is 0 Å². The van der Waals surface area contributed by atoms with E-state index in [1.54, 1.807) is 26.2 Å². The van der Waals surface area contributed by atoms with Gasteiger partial charge in [-0.1, -0.05) is 19.9 Å². The van der Waals surface area contributed by atoms with Crippen LogP contribution in [-0.4, -0.2) is 45.6 Å². The first-order chi connectivity index (χ1) is 13.4. The first kappa shape index (κ1) is 22.8. The van der Waals surface area contributed by atoms with Crippen LogP contribution in [0.25, 0.3) is 5.82 Å². The summed E-state index contributed by atoms with van der Waals surface area (Å²) in [5.41, 5.74) is 2.07. The molecule has 156 valence electrons. The molecule has 0 radical (unpaired) electrons. The van der Waals surface area contributed by atoms with Crippen LogP contribution in [0.1, 0.15) is 30.7 Å². The minimum Gasteiger partial charge on any atom is -0.294 e. The predicted octanol–water partition coefficient (Wildman–Crippen LogP) is 2.31. The largest absolute Gasteiger partial charge is 0.294 e. The van der Waals surface area contributed by atoms with Gasteiger partial charge in [0.25, 0.3) is 5.56 Å². The third kappa shape index (κ3) is 4.58. The maximum absolute atomic E-state index is 12.8. The van der Waals surface area contributed by atoms with E-state index in [0.29, 0.717) is 30.9 Å². The van der Waals surface area contributed by atoms with Crippen molar-refractivity contribution in [1.29, 1.82) is 0 Å². The molecule has 0 saturated carbocycles. The maximum atomic E-state index is 12.8. The molecule has 0 saturated heterocycles. The molecule has 3 heterocycles. The second-order valence-electron chi connectivity index (χ2n) is 6.34. The molecule has 0 aliphatic rings. The number of halogens is 1. The van der Waals surface area contributed by atoms with Gasteiger partial charge in [-0.2, -0.15) is 4.31 Å². The molecule has 8 nitrogen and oxygen atoms in total. The van der Waals surface area contributed by atoms with Crippen LogP contribution in [0, 0.1) is 6.92 Å². The van der Waals surface area contributed by atoms with Crippen molar-refractivity contribution in [3.8, 4) is 5.82 Å². The van der Waals surface area contributed by atoms with Crippen molar-refractivity contribution in [2.45, 2.75) is 32.1 Å². The lowest BCUT2D eigenvalue weighted by molar-refractivity contribution is 0.445. The number of aromatic nitrogens is 4. The van der Waals surface area contributed by atoms with Crippen LogP contribution in [0.5, 0.6) is 0 Å². The minimum absolute atomic E-state index is 0. The van der Waals surface area contributed by atoms with Crippen LogP contribution in [0.3, 0.4) is 0 Å². The van der Waals surface area contributed by atoms with Gasteiger partial charge >= 0.3 is 0 Å². The molecule has 0 bridgehead atoms. The van der Waals surface area contributed by atoms with E-state index in [2.05, 4.69) is 15.1 Å². The van der Waals surface area contributed by atoms with Gasteiger partial charge in [0.15, 0.2) is 5.82 Å². The van der Waals surface area contributed by atoms with Crippen LogP contribution >= 0.6 is 12.4 Å². The predicted molar refractivity (Wildman–Crippen MR) is 113 cm³/mol. The fourth-order valence-corrected chi connectivity index (χ4v) is 4.43. The molecular weight excluding hydrogens is 414 g/mol. The van der Waals surface area contributed by atoms with Crippen molar-refractivity contribution in [3.05, 3.63) is 70.0 Å². The summed E-state index contributed by atoms with van der Waals surface area (Å²) in [5.74, 6) is 0.337. The van der Waals surface area contributed by atoms with Crippen molar-refractivity contribution >= 4 is 22.4 Å². The minimum atomic E-state index is -3.59. The molecule has 0 atom stereocenters. The van der Waals surface area contributed by atoms with Crippen LogP contribution in [0.4, 0.5) is 0 Å². The van der Waals surface area contributed by atoms with Gasteiger partial charge in [-0.3, -0.25) is 14.9 Å². The number of H-pyrrole nitrogens is 1. The number of rotatable bonds is 7. The lowest BCUT2D eigenvalue weighted by atomic mass is 10.1. The Kier molecular flexibility index (Phi) is 7.34. The maximum Gasteiger partial charge on any atom is 0.276 e. The first-order valence-electron chi connectivity index (χ1n) is 9.04. The highest BCUT2D eigenvalue weighted by molar-refractivity contribution is 7.89. The quantitative estimate of drug-likeness (QED) is 0.611. The summed E-state index contributed by atoms with van der Waals surface area (Å²) in [6, 6.07) is 6.74. The molecule has 3 aromatic heterocycles. The summed E-state index contributed by atoms with van der Waals surface area (Å²) in [4.78, 5) is 21.2. The van der Waals surface area contributed by atoms with E-state index < -0.39 is 10.0 Å². The van der Waals surface area contributed by atoms with E-state index in [4.69, 9.17) is 0 Å². The molecule has 0 amide bonds. The number of nitrogens with zero attached hydrogens (tertiary/aromatic N) is 4. The Balaban J connectivity index is 0.00000300. The van der Waals surface area contributed by atoms with Crippen LogP contribution in [0.15, 0.2) is 52.5 Å².